The van der Waals surface area contributed by atoms with Gasteiger partial charge in [0.15, 0.2) is 0 Å². The third-order valence-electron chi connectivity index (χ3n) is 4.60. The zero-order valence-corrected chi connectivity index (χ0v) is 13.2. The van der Waals surface area contributed by atoms with Crippen LogP contribution in [0.3, 0.4) is 0 Å². The Morgan fingerprint density at radius 1 is 1.20 bits per heavy atom. The van der Waals surface area contributed by atoms with E-state index < -0.39 is 0 Å². The highest BCUT2D eigenvalue weighted by Gasteiger charge is 2.35. The van der Waals surface area contributed by atoms with E-state index in [4.69, 9.17) is 0 Å². The molecule has 1 fully saturated rings. The van der Waals surface area contributed by atoms with Gasteiger partial charge in [-0.15, -0.1) is 0 Å². The van der Waals surface area contributed by atoms with Gasteiger partial charge < -0.3 is 15.5 Å². The SMILES string of the molecule is CCc1c(NC)ncnc1NCC1(N(C)C)CCCC1. The monoisotopic (exact) mass is 277 g/mol. The second kappa shape index (κ2) is 6.39. The first-order valence-electron chi connectivity index (χ1n) is 7.56. The molecule has 1 aliphatic rings. The van der Waals surface area contributed by atoms with Crippen molar-refractivity contribution in [3.8, 4) is 0 Å². The molecule has 1 heterocycles. The zero-order valence-electron chi connectivity index (χ0n) is 13.2. The number of nitrogens with one attached hydrogen (secondary N) is 2. The van der Waals surface area contributed by atoms with E-state index in [1.807, 2.05) is 7.05 Å². The molecule has 2 rings (SSSR count). The van der Waals surface area contributed by atoms with Crippen LogP contribution in [0.1, 0.15) is 38.2 Å². The van der Waals surface area contributed by atoms with E-state index in [-0.39, 0.29) is 5.54 Å². The molecule has 0 spiro atoms. The molecular formula is C15H27N5. The lowest BCUT2D eigenvalue weighted by Gasteiger charge is -2.36. The highest BCUT2D eigenvalue weighted by Crippen LogP contribution is 2.34. The van der Waals surface area contributed by atoms with Crippen LogP contribution in [0.4, 0.5) is 11.6 Å². The third kappa shape index (κ3) is 2.87. The summed E-state index contributed by atoms with van der Waals surface area (Å²) in [6, 6.07) is 0. The standard InChI is InChI=1S/C15H27N5/c1-5-12-13(16-2)18-11-19-14(12)17-10-15(20(3)4)8-6-7-9-15/h11H,5-10H2,1-4H3,(H2,16,17,18,19). The largest absolute Gasteiger partial charge is 0.373 e. The minimum absolute atomic E-state index is 0.274. The molecule has 1 aliphatic carbocycles. The number of anilines is 2. The van der Waals surface area contributed by atoms with Crippen LogP contribution in [0.2, 0.25) is 0 Å². The van der Waals surface area contributed by atoms with Crippen molar-refractivity contribution in [1.82, 2.24) is 14.9 Å². The first-order chi connectivity index (χ1) is 9.63. The zero-order chi connectivity index (χ0) is 14.6. The Hall–Kier alpha value is -1.36. The van der Waals surface area contributed by atoms with Gasteiger partial charge in [-0.2, -0.15) is 0 Å². The van der Waals surface area contributed by atoms with Crippen molar-refractivity contribution in [1.29, 1.82) is 0 Å². The van der Waals surface area contributed by atoms with Gasteiger partial charge in [0.2, 0.25) is 0 Å². The van der Waals surface area contributed by atoms with Crippen LogP contribution in [-0.4, -0.2) is 48.1 Å². The molecule has 0 aliphatic heterocycles. The lowest BCUT2D eigenvalue weighted by Crippen LogP contribution is -2.47. The molecule has 5 heteroatoms. The molecule has 0 unspecified atom stereocenters. The molecule has 0 saturated heterocycles. The summed E-state index contributed by atoms with van der Waals surface area (Å²) >= 11 is 0. The predicted molar refractivity (Wildman–Crippen MR) is 84.3 cm³/mol. The molecule has 1 aromatic heterocycles. The summed E-state index contributed by atoms with van der Waals surface area (Å²) in [6.07, 6.45) is 7.73. The van der Waals surface area contributed by atoms with Crippen LogP contribution in [-0.2, 0) is 6.42 Å². The van der Waals surface area contributed by atoms with Crippen molar-refractivity contribution >= 4 is 11.6 Å². The molecule has 2 N–H and O–H groups in total. The average molecular weight is 277 g/mol. The summed E-state index contributed by atoms with van der Waals surface area (Å²) in [6.45, 7) is 3.09. The Labute approximate surface area is 122 Å². The molecule has 20 heavy (non-hydrogen) atoms. The summed E-state index contributed by atoms with van der Waals surface area (Å²) < 4.78 is 0. The molecule has 0 atom stereocenters. The van der Waals surface area contributed by atoms with Gasteiger partial charge >= 0.3 is 0 Å². The molecule has 0 radical (unpaired) electrons. The van der Waals surface area contributed by atoms with Crippen molar-refractivity contribution < 1.29 is 0 Å². The number of likely N-dealkylation sites (N-methyl/N-ethyl adjacent to an activating group) is 1. The Balaban J connectivity index is 2.14. The molecule has 0 amide bonds. The fourth-order valence-electron chi connectivity index (χ4n) is 3.18. The topological polar surface area (TPSA) is 53.1 Å². The van der Waals surface area contributed by atoms with Crippen LogP contribution >= 0.6 is 0 Å². The van der Waals surface area contributed by atoms with E-state index in [2.05, 4.69) is 46.5 Å². The average Bonchev–Trinajstić information content (AvgIpc) is 2.94. The molecule has 1 saturated carbocycles. The highest BCUT2D eigenvalue weighted by atomic mass is 15.2. The quantitative estimate of drug-likeness (QED) is 0.836. The second-order valence-electron chi connectivity index (χ2n) is 5.83. The molecular weight excluding hydrogens is 250 g/mol. The van der Waals surface area contributed by atoms with Crippen LogP contribution in [0.5, 0.6) is 0 Å². The Kier molecular flexibility index (Phi) is 4.81. The molecule has 5 nitrogen and oxygen atoms in total. The van der Waals surface area contributed by atoms with Gasteiger partial charge in [-0.25, -0.2) is 9.97 Å². The fraction of sp³-hybridized carbons (Fsp3) is 0.733. The fourth-order valence-corrected chi connectivity index (χ4v) is 3.18. The molecule has 112 valence electrons. The Bertz CT molecular complexity index is 438. The normalized spacial score (nSPS) is 17.4. The Morgan fingerprint density at radius 3 is 2.40 bits per heavy atom. The molecule has 1 aromatic rings. The Morgan fingerprint density at radius 2 is 1.85 bits per heavy atom. The van der Waals surface area contributed by atoms with Gasteiger partial charge in [-0.05, 0) is 33.4 Å². The van der Waals surface area contributed by atoms with Crippen molar-refractivity contribution in [2.75, 3.05) is 38.3 Å². The van der Waals surface area contributed by atoms with Crippen LogP contribution in [0.25, 0.3) is 0 Å². The summed E-state index contributed by atoms with van der Waals surface area (Å²) in [4.78, 5) is 11.1. The maximum Gasteiger partial charge on any atom is 0.134 e. The van der Waals surface area contributed by atoms with E-state index in [9.17, 15) is 0 Å². The van der Waals surface area contributed by atoms with E-state index in [1.54, 1.807) is 6.33 Å². The van der Waals surface area contributed by atoms with E-state index in [1.165, 1.54) is 31.2 Å². The summed E-state index contributed by atoms with van der Waals surface area (Å²) in [5, 5.41) is 6.72. The van der Waals surface area contributed by atoms with Crippen LogP contribution < -0.4 is 10.6 Å². The van der Waals surface area contributed by atoms with Gasteiger partial charge in [0.25, 0.3) is 0 Å². The van der Waals surface area contributed by atoms with Crippen molar-refractivity contribution in [2.24, 2.45) is 0 Å². The van der Waals surface area contributed by atoms with E-state index in [0.29, 0.717) is 0 Å². The second-order valence-corrected chi connectivity index (χ2v) is 5.83. The number of rotatable bonds is 6. The van der Waals surface area contributed by atoms with Gasteiger partial charge in [0.05, 0.1) is 0 Å². The summed E-state index contributed by atoms with van der Waals surface area (Å²) in [5.41, 5.74) is 1.44. The minimum atomic E-state index is 0.274. The lowest BCUT2D eigenvalue weighted by molar-refractivity contribution is 0.172. The number of hydrogen-bond donors (Lipinski definition) is 2. The number of hydrogen-bond acceptors (Lipinski definition) is 5. The van der Waals surface area contributed by atoms with Gasteiger partial charge in [0, 0.05) is 24.7 Å². The van der Waals surface area contributed by atoms with E-state index >= 15 is 0 Å². The minimum Gasteiger partial charge on any atom is -0.373 e. The molecule has 0 aromatic carbocycles. The summed E-state index contributed by atoms with van der Waals surface area (Å²) in [5.74, 6) is 1.90. The van der Waals surface area contributed by atoms with E-state index in [0.717, 1.165) is 24.6 Å². The summed E-state index contributed by atoms with van der Waals surface area (Å²) in [7, 11) is 6.28. The van der Waals surface area contributed by atoms with Gasteiger partial charge in [-0.1, -0.05) is 19.8 Å². The third-order valence-corrected chi connectivity index (χ3v) is 4.60. The molecule has 0 bridgehead atoms. The number of aromatic nitrogens is 2. The first kappa shape index (κ1) is 15.0. The van der Waals surface area contributed by atoms with Crippen molar-refractivity contribution in [3.63, 3.8) is 0 Å². The maximum absolute atomic E-state index is 4.43. The smallest absolute Gasteiger partial charge is 0.134 e. The lowest BCUT2D eigenvalue weighted by atomic mass is 9.96. The maximum atomic E-state index is 4.43. The highest BCUT2D eigenvalue weighted by molar-refractivity contribution is 5.57. The van der Waals surface area contributed by atoms with Gasteiger partial charge in [0.1, 0.15) is 18.0 Å². The van der Waals surface area contributed by atoms with Gasteiger partial charge in [-0.3, -0.25) is 0 Å². The first-order valence-corrected chi connectivity index (χ1v) is 7.56. The van der Waals surface area contributed by atoms with Crippen molar-refractivity contribution in [3.05, 3.63) is 11.9 Å². The predicted octanol–water partition coefficient (Wildman–Crippen LogP) is 2.37. The van der Waals surface area contributed by atoms with Crippen LogP contribution in [0, 0.1) is 0 Å². The van der Waals surface area contributed by atoms with Crippen molar-refractivity contribution in [2.45, 2.75) is 44.6 Å². The number of nitrogens with zero attached hydrogens (tertiary/aromatic N) is 3. The van der Waals surface area contributed by atoms with Crippen LogP contribution in [0.15, 0.2) is 6.33 Å².